The second kappa shape index (κ2) is 7.94. The van der Waals surface area contributed by atoms with Crippen LogP contribution in [0.3, 0.4) is 0 Å². The Morgan fingerprint density at radius 3 is 2.64 bits per heavy atom. The summed E-state index contributed by atoms with van der Waals surface area (Å²) in [6.45, 7) is 0.441. The van der Waals surface area contributed by atoms with Gasteiger partial charge in [-0.1, -0.05) is 30.5 Å². The summed E-state index contributed by atoms with van der Waals surface area (Å²) in [6.07, 6.45) is 5.19. The molecule has 1 saturated carbocycles. The minimum atomic E-state index is -3.59. The average Bonchev–Trinajstić information content (AvgIpc) is 2.96. The molecular formula is C15H21ClN2O3S. The van der Waals surface area contributed by atoms with Crippen molar-refractivity contribution in [1.29, 1.82) is 0 Å². The minimum absolute atomic E-state index is 0.00569. The van der Waals surface area contributed by atoms with Crippen LogP contribution < -0.4 is 10.0 Å². The normalized spacial score (nSPS) is 15.9. The second-order valence-electron chi connectivity index (χ2n) is 5.56. The number of hydrogen-bond acceptors (Lipinski definition) is 3. The molecule has 22 heavy (non-hydrogen) atoms. The van der Waals surface area contributed by atoms with Gasteiger partial charge in [0.25, 0.3) is 0 Å². The van der Waals surface area contributed by atoms with Crippen molar-refractivity contribution in [3.63, 3.8) is 0 Å². The van der Waals surface area contributed by atoms with Crippen molar-refractivity contribution in [2.24, 2.45) is 5.92 Å². The molecule has 0 radical (unpaired) electrons. The van der Waals surface area contributed by atoms with E-state index in [2.05, 4.69) is 10.0 Å². The summed E-state index contributed by atoms with van der Waals surface area (Å²) in [5.74, 6) is 0.483. The molecule has 2 N–H and O–H groups in total. The Kier molecular flexibility index (Phi) is 6.23. The maximum Gasteiger partial charge on any atom is 0.240 e. The maximum atomic E-state index is 12.0. The van der Waals surface area contributed by atoms with Crippen molar-refractivity contribution < 1.29 is 13.2 Å². The topological polar surface area (TPSA) is 75.3 Å². The molecule has 5 nitrogen and oxygen atoms in total. The van der Waals surface area contributed by atoms with Gasteiger partial charge in [0.05, 0.1) is 4.90 Å². The van der Waals surface area contributed by atoms with Crippen molar-refractivity contribution in [2.45, 2.75) is 37.0 Å². The maximum absolute atomic E-state index is 12.0. The highest BCUT2D eigenvalue weighted by Crippen LogP contribution is 2.27. The lowest BCUT2D eigenvalue weighted by Crippen LogP contribution is -2.35. The number of benzene rings is 1. The Bertz CT molecular complexity index is 613. The molecule has 1 aromatic carbocycles. The quantitative estimate of drug-likeness (QED) is 0.745. The highest BCUT2D eigenvalue weighted by atomic mass is 35.5. The lowest BCUT2D eigenvalue weighted by atomic mass is 10.0. The fourth-order valence-electron chi connectivity index (χ4n) is 2.65. The van der Waals surface area contributed by atoms with Gasteiger partial charge >= 0.3 is 0 Å². The summed E-state index contributed by atoms with van der Waals surface area (Å²) in [7, 11) is -3.59. The van der Waals surface area contributed by atoms with Crippen molar-refractivity contribution >= 4 is 27.5 Å². The number of nitrogens with one attached hydrogen (secondary N) is 2. The van der Waals surface area contributed by atoms with Gasteiger partial charge in [-0.15, -0.1) is 0 Å². The van der Waals surface area contributed by atoms with E-state index in [1.54, 1.807) is 12.1 Å². The van der Waals surface area contributed by atoms with E-state index in [-0.39, 0.29) is 23.9 Å². The van der Waals surface area contributed by atoms with E-state index >= 15 is 0 Å². The zero-order valence-electron chi connectivity index (χ0n) is 12.3. The third-order valence-corrected chi connectivity index (χ3v) is 5.49. The lowest BCUT2D eigenvalue weighted by molar-refractivity contribution is -0.121. The van der Waals surface area contributed by atoms with Crippen LogP contribution in [-0.4, -0.2) is 27.4 Å². The van der Waals surface area contributed by atoms with Gasteiger partial charge in [0.1, 0.15) is 0 Å². The molecule has 0 unspecified atom stereocenters. The van der Waals surface area contributed by atoms with Crippen molar-refractivity contribution in [3.8, 4) is 0 Å². The summed E-state index contributed by atoms with van der Waals surface area (Å²) in [6, 6.07) is 6.07. The van der Waals surface area contributed by atoms with Crippen LogP contribution in [0.15, 0.2) is 29.2 Å². The summed E-state index contributed by atoms with van der Waals surface area (Å²) in [4.78, 5) is 11.9. The van der Waals surface area contributed by atoms with Crippen LogP contribution in [0.5, 0.6) is 0 Å². The van der Waals surface area contributed by atoms with Crippen LogP contribution in [0.1, 0.15) is 32.1 Å². The monoisotopic (exact) mass is 344 g/mol. The van der Waals surface area contributed by atoms with E-state index in [0.29, 0.717) is 17.4 Å². The molecule has 0 spiro atoms. The van der Waals surface area contributed by atoms with E-state index < -0.39 is 10.0 Å². The first-order valence-corrected chi connectivity index (χ1v) is 9.35. The molecule has 1 amide bonds. The minimum Gasteiger partial charge on any atom is -0.355 e. The van der Waals surface area contributed by atoms with Crippen LogP contribution in [0, 0.1) is 5.92 Å². The van der Waals surface area contributed by atoms with Crippen LogP contribution in [0.2, 0.25) is 5.02 Å². The molecule has 0 saturated heterocycles. The third kappa shape index (κ3) is 5.26. The van der Waals surface area contributed by atoms with Gasteiger partial charge in [0, 0.05) is 24.5 Å². The zero-order chi connectivity index (χ0) is 16.0. The van der Waals surface area contributed by atoms with Crippen LogP contribution in [0.4, 0.5) is 0 Å². The Morgan fingerprint density at radius 2 is 1.95 bits per heavy atom. The SMILES string of the molecule is O=C(CC1CCCC1)NCCNS(=O)(=O)c1cccc(Cl)c1. The second-order valence-corrected chi connectivity index (χ2v) is 7.76. The van der Waals surface area contributed by atoms with Crippen molar-refractivity contribution in [1.82, 2.24) is 10.0 Å². The van der Waals surface area contributed by atoms with Gasteiger partial charge in [0.15, 0.2) is 0 Å². The molecule has 0 aromatic heterocycles. The number of carbonyl (C=O) groups excluding carboxylic acids is 1. The standard InChI is InChI=1S/C15H21ClN2O3S/c16-13-6-3-7-14(11-13)22(20,21)18-9-8-17-15(19)10-12-4-1-2-5-12/h3,6-7,11-12,18H,1-2,4-5,8-10H2,(H,17,19). The Labute approximate surface area is 136 Å². The fraction of sp³-hybridized carbons (Fsp3) is 0.533. The Balaban J connectivity index is 1.72. The van der Waals surface area contributed by atoms with E-state index in [9.17, 15) is 13.2 Å². The number of hydrogen-bond donors (Lipinski definition) is 2. The van der Waals surface area contributed by atoms with Crippen LogP contribution in [-0.2, 0) is 14.8 Å². The van der Waals surface area contributed by atoms with Gasteiger partial charge in [-0.3, -0.25) is 4.79 Å². The highest BCUT2D eigenvalue weighted by molar-refractivity contribution is 7.89. The van der Waals surface area contributed by atoms with Gasteiger partial charge in [-0.05, 0) is 37.0 Å². The molecule has 0 atom stereocenters. The number of amides is 1. The predicted molar refractivity (Wildman–Crippen MR) is 86.2 cm³/mol. The van der Waals surface area contributed by atoms with Gasteiger partial charge in [-0.2, -0.15) is 0 Å². The first kappa shape index (κ1) is 17.2. The smallest absolute Gasteiger partial charge is 0.240 e. The largest absolute Gasteiger partial charge is 0.355 e. The zero-order valence-corrected chi connectivity index (χ0v) is 13.9. The predicted octanol–water partition coefficient (Wildman–Crippen LogP) is 2.31. The lowest BCUT2D eigenvalue weighted by Gasteiger charge is -2.10. The van der Waals surface area contributed by atoms with E-state index in [4.69, 9.17) is 11.6 Å². The van der Waals surface area contributed by atoms with Crippen LogP contribution >= 0.6 is 11.6 Å². The Morgan fingerprint density at radius 1 is 1.23 bits per heavy atom. The summed E-state index contributed by atoms with van der Waals surface area (Å²) in [5.41, 5.74) is 0. The molecule has 2 rings (SSSR count). The number of halogens is 1. The molecule has 1 aliphatic carbocycles. The third-order valence-electron chi connectivity index (χ3n) is 3.79. The first-order valence-electron chi connectivity index (χ1n) is 7.49. The van der Waals surface area contributed by atoms with E-state index in [1.807, 2.05) is 0 Å². The molecule has 1 fully saturated rings. The molecule has 122 valence electrons. The first-order chi connectivity index (χ1) is 10.5. The fourth-order valence-corrected chi connectivity index (χ4v) is 3.99. The summed E-state index contributed by atoms with van der Waals surface area (Å²) >= 11 is 5.79. The van der Waals surface area contributed by atoms with E-state index in [1.165, 1.54) is 25.0 Å². The summed E-state index contributed by atoms with van der Waals surface area (Å²) < 4.78 is 26.5. The van der Waals surface area contributed by atoms with Crippen molar-refractivity contribution in [2.75, 3.05) is 13.1 Å². The van der Waals surface area contributed by atoms with Gasteiger partial charge in [-0.25, -0.2) is 13.1 Å². The molecule has 0 bridgehead atoms. The molecule has 1 aromatic rings. The molecule has 7 heteroatoms. The molecule has 0 heterocycles. The van der Waals surface area contributed by atoms with Crippen LogP contribution in [0.25, 0.3) is 0 Å². The number of sulfonamides is 1. The molecular weight excluding hydrogens is 324 g/mol. The molecule has 0 aliphatic heterocycles. The Hall–Kier alpha value is -1.11. The molecule has 1 aliphatic rings. The average molecular weight is 345 g/mol. The van der Waals surface area contributed by atoms with E-state index in [0.717, 1.165) is 12.8 Å². The van der Waals surface area contributed by atoms with Gasteiger partial charge in [0.2, 0.25) is 15.9 Å². The summed E-state index contributed by atoms with van der Waals surface area (Å²) in [5, 5.41) is 3.12. The number of carbonyl (C=O) groups is 1. The van der Waals surface area contributed by atoms with Crippen molar-refractivity contribution in [3.05, 3.63) is 29.3 Å². The van der Waals surface area contributed by atoms with Gasteiger partial charge < -0.3 is 5.32 Å². The number of rotatable bonds is 7. The highest BCUT2D eigenvalue weighted by Gasteiger charge is 2.18.